The van der Waals surface area contributed by atoms with Crippen molar-refractivity contribution < 1.29 is 46.1 Å². The highest BCUT2D eigenvalue weighted by molar-refractivity contribution is 6.03. The minimum absolute atomic E-state index is 0.456. The highest BCUT2D eigenvalue weighted by atomic mass is 19.4. The van der Waals surface area contributed by atoms with E-state index in [9.17, 15) is 31.5 Å². The topological polar surface area (TPSA) is 84.9 Å². The molecule has 0 aliphatic carbocycles. The van der Waals surface area contributed by atoms with E-state index < -0.39 is 47.4 Å². The summed E-state index contributed by atoms with van der Waals surface area (Å²) in [5.74, 6) is -5.37. The second-order valence-corrected chi connectivity index (χ2v) is 3.68. The molecule has 6 nitrogen and oxygen atoms in total. The molecule has 1 aromatic carbocycles. The molecule has 11 heteroatoms. The van der Waals surface area contributed by atoms with E-state index in [2.05, 4.69) is 9.47 Å². The molecule has 0 saturated carbocycles. The molecule has 0 radical (unpaired) electrons. The zero-order chi connectivity index (χ0) is 17.1. The summed E-state index contributed by atoms with van der Waals surface area (Å²) in [6.45, 7) is -3.34. The number of benzene rings is 1. The highest BCUT2D eigenvalue weighted by Crippen LogP contribution is 2.35. The maximum Gasteiger partial charge on any atom is 0.471 e. The number of anilines is 1. The minimum Gasteiger partial charge on any atom is -0.493 e. The molecule has 1 aromatic rings. The number of nitrogens with one attached hydrogen (secondary N) is 1. The Morgan fingerprint density at radius 1 is 1.23 bits per heavy atom. The molecule has 0 aliphatic rings. The van der Waals surface area contributed by atoms with Gasteiger partial charge < -0.3 is 19.9 Å². The van der Waals surface area contributed by atoms with E-state index >= 15 is 0 Å². The number of carbonyl (C=O) groups excluding carboxylic acids is 1. The Kier molecular flexibility index (Phi) is 5.12. The molecule has 0 aromatic heterocycles. The van der Waals surface area contributed by atoms with E-state index in [-0.39, 0.29) is 0 Å². The average Bonchev–Trinajstić information content (AvgIpc) is 2.36. The number of carbonyl (C=O) groups is 2. The molecule has 0 spiro atoms. The van der Waals surface area contributed by atoms with Gasteiger partial charge in [0.2, 0.25) is 0 Å². The molecular weight excluding hydrogens is 321 g/mol. The van der Waals surface area contributed by atoms with Crippen molar-refractivity contribution in [3.8, 4) is 11.5 Å². The monoisotopic (exact) mass is 329 g/mol. The van der Waals surface area contributed by atoms with Crippen molar-refractivity contribution in [2.24, 2.45) is 0 Å². The van der Waals surface area contributed by atoms with Crippen molar-refractivity contribution in [3.63, 3.8) is 0 Å². The van der Waals surface area contributed by atoms with Crippen LogP contribution in [0.25, 0.3) is 0 Å². The van der Waals surface area contributed by atoms with Crippen LogP contribution >= 0.6 is 0 Å². The van der Waals surface area contributed by atoms with Crippen molar-refractivity contribution in [1.29, 1.82) is 0 Å². The fourth-order valence-electron chi connectivity index (χ4n) is 1.38. The van der Waals surface area contributed by atoms with Gasteiger partial charge in [0.1, 0.15) is 0 Å². The van der Waals surface area contributed by atoms with Crippen molar-refractivity contribution in [1.82, 2.24) is 0 Å². The smallest absolute Gasteiger partial charge is 0.471 e. The normalized spacial score (nSPS) is 11.2. The lowest BCUT2D eigenvalue weighted by Crippen LogP contribution is -2.30. The molecule has 0 aliphatic heterocycles. The Balaban J connectivity index is 3.33. The zero-order valence-electron chi connectivity index (χ0n) is 10.7. The first-order chi connectivity index (χ1) is 10.1. The minimum atomic E-state index is -5.29. The number of hydrogen-bond donors (Lipinski definition) is 2. The van der Waals surface area contributed by atoms with Crippen molar-refractivity contribution in [3.05, 3.63) is 17.7 Å². The molecule has 1 amide bonds. The van der Waals surface area contributed by atoms with E-state index in [1.807, 2.05) is 0 Å². The van der Waals surface area contributed by atoms with Crippen LogP contribution in [0.3, 0.4) is 0 Å². The van der Waals surface area contributed by atoms with Gasteiger partial charge in [-0.25, -0.2) is 4.79 Å². The van der Waals surface area contributed by atoms with Gasteiger partial charge in [0.15, 0.2) is 11.5 Å². The number of carboxylic acid groups (broad SMARTS) is 1. The van der Waals surface area contributed by atoms with Crippen LogP contribution in [-0.4, -0.2) is 36.9 Å². The Bertz CT molecular complexity index is 587. The summed E-state index contributed by atoms with van der Waals surface area (Å²) in [5, 5.41) is 10.2. The van der Waals surface area contributed by atoms with Crippen LogP contribution in [0.1, 0.15) is 10.4 Å². The summed E-state index contributed by atoms with van der Waals surface area (Å²) in [4.78, 5) is 21.8. The molecule has 22 heavy (non-hydrogen) atoms. The fraction of sp³-hybridized carbons (Fsp3) is 0.273. The van der Waals surface area contributed by atoms with Gasteiger partial charge in [0.25, 0.3) is 0 Å². The number of amides is 1. The third-order valence-electron chi connectivity index (χ3n) is 2.26. The lowest BCUT2D eigenvalue weighted by atomic mass is 10.1. The second kappa shape index (κ2) is 6.45. The summed E-state index contributed by atoms with van der Waals surface area (Å²) in [7, 11) is 1.01. The molecule has 0 fully saturated rings. The van der Waals surface area contributed by atoms with Gasteiger partial charge in [-0.15, -0.1) is 0 Å². The molecule has 2 N–H and O–H groups in total. The van der Waals surface area contributed by atoms with Crippen LogP contribution in [-0.2, 0) is 4.79 Å². The van der Waals surface area contributed by atoms with Gasteiger partial charge >= 0.3 is 24.7 Å². The van der Waals surface area contributed by atoms with Crippen LogP contribution in [0.5, 0.6) is 11.5 Å². The third-order valence-corrected chi connectivity index (χ3v) is 2.26. The first kappa shape index (κ1) is 17.5. The number of carboxylic acids is 1. The van der Waals surface area contributed by atoms with E-state index in [0.717, 1.165) is 7.11 Å². The average molecular weight is 329 g/mol. The summed E-state index contributed by atoms with van der Waals surface area (Å²) in [6, 6.07) is 1.14. The zero-order valence-corrected chi connectivity index (χ0v) is 10.7. The number of methoxy groups -OCH3 is 1. The lowest BCUT2D eigenvalue weighted by molar-refractivity contribution is -0.167. The predicted octanol–water partition coefficient (Wildman–Crippen LogP) is 2.50. The fourth-order valence-corrected chi connectivity index (χ4v) is 1.38. The second-order valence-electron chi connectivity index (χ2n) is 3.68. The molecule has 122 valence electrons. The first-order valence-corrected chi connectivity index (χ1v) is 5.34. The van der Waals surface area contributed by atoms with Gasteiger partial charge in [0, 0.05) is 12.1 Å². The molecule has 0 heterocycles. The molecule has 0 bridgehead atoms. The molecule has 0 unspecified atom stereocenters. The van der Waals surface area contributed by atoms with Gasteiger partial charge in [-0.3, -0.25) is 4.79 Å². The maximum absolute atomic E-state index is 12.2. The van der Waals surface area contributed by atoms with Crippen LogP contribution in [0.2, 0.25) is 0 Å². The van der Waals surface area contributed by atoms with Crippen LogP contribution in [0.15, 0.2) is 12.1 Å². The number of hydrogen-bond acceptors (Lipinski definition) is 4. The largest absolute Gasteiger partial charge is 0.493 e. The number of halogens is 5. The molecular formula is C11H8F5NO5. The molecule has 1 rings (SSSR count). The van der Waals surface area contributed by atoms with Crippen LogP contribution in [0, 0.1) is 0 Å². The van der Waals surface area contributed by atoms with Gasteiger partial charge in [0.05, 0.1) is 18.4 Å². The van der Waals surface area contributed by atoms with Gasteiger partial charge in [-0.1, -0.05) is 0 Å². The Labute approximate surface area is 119 Å². The predicted molar refractivity (Wildman–Crippen MR) is 61.3 cm³/mol. The van der Waals surface area contributed by atoms with E-state index in [4.69, 9.17) is 5.11 Å². The highest BCUT2D eigenvalue weighted by Gasteiger charge is 2.39. The van der Waals surface area contributed by atoms with Crippen LogP contribution < -0.4 is 14.8 Å². The van der Waals surface area contributed by atoms with Crippen molar-refractivity contribution >= 4 is 17.6 Å². The lowest BCUT2D eigenvalue weighted by Gasteiger charge is -2.15. The summed E-state index contributed by atoms with van der Waals surface area (Å²) in [6.07, 6.45) is -5.29. The summed E-state index contributed by atoms with van der Waals surface area (Å²) >= 11 is 0. The first-order valence-electron chi connectivity index (χ1n) is 5.34. The van der Waals surface area contributed by atoms with Crippen LogP contribution in [0.4, 0.5) is 27.6 Å². The number of ether oxygens (including phenoxy) is 2. The van der Waals surface area contributed by atoms with Crippen molar-refractivity contribution in [2.45, 2.75) is 12.8 Å². The van der Waals surface area contributed by atoms with E-state index in [1.165, 1.54) is 5.32 Å². The van der Waals surface area contributed by atoms with Crippen molar-refractivity contribution in [2.75, 3.05) is 12.4 Å². The van der Waals surface area contributed by atoms with Gasteiger partial charge in [-0.2, -0.15) is 22.0 Å². The Morgan fingerprint density at radius 2 is 1.82 bits per heavy atom. The Hall–Kier alpha value is -2.59. The number of aromatic carboxylic acids is 1. The standard InChI is InChI=1S/C11H8F5NO5/c1-21-6-2-4(8(18)19)5(3-7(6)22-10(12)13)17-9(20)11(14,15)16/h2-3,10H,1H3,(H,17,20)(H,18,19). The maximum atomic E-state index is 12.2. The molecule has 0 atom stereocenters. The summed E-state index contributed by atoms with van der Waals surface area (Å²) < 4.78 is 69.6. The third kappa shape index (κ3) is 4.20. The quantitative estimate of drug-likeness (QED) is 0.811. The number of alkyl halides is 5. The molecule has 0 saturated heterocycles. The number of rotatable bonds is 5. The Morgan fingerprint density at radius 3 is 2.23 bits per heavy atom. The SMILES string of the molecule is COc1cc(C(=O)O)c(NC(=O)C(F)(F)F)cc1OC(F)F. The van der Waals surface area contributed by atoms with E-state index in [0.29, 0.717) is 12.1 Å². The van der Waals surface area contributed by atoms with Gasteiger partial charge in [-0.05, 0) is 0 Å². The summed E-state index contributed by atoms with van der Waals surface area (Å²) in [5.41, 5.74) is -1.66. The van der Waals surface area contributed by atoms with E-state index in [1.54, 1.807) is 0 Å².